The number of aromatic nitrogens is 1. The second-order valence-corrected chi connectivity index (χ2v) is 6.89. The Kier molecular flexibility index (Phi) is 5.32. The molecule has 0 fully saturated rings. The van der Waals surface area contributed by atoms with Crippen LogP contribution in [0.2, 0.25) is 0 Å². The van der Waals surface area contributed by atoms with Crippen LogP contribution in [0.15, 0.2) is 82.8 Å². The summed E-state index contributed by atoms with van der Waals surface area (Å²) in [5.41, 5.74) is 3.28. The molecule has 0 atom stereocenters. The summed E-state index contributed by atoms with van der Waals surface area (Å²) in [4.78, 5) is 4.51. The van der Waals surface area contributed by atoms with Gasteiger partial charge in [-0.15, -0.1) is 11.3 Å². The van der Waals surface area contributed by atoms with E-state index >= 15 is 0 Å². The topological polar surface area (TPSA) is 59.0 Å². The Morgan fingerprint density at radius 2 is 1.89 bits per heavy atom. The lowest BCUT2D eigenvalue weighted by Gasteiger charge is -2.06. The highest BCUT2D eigenvalue weighted by atomic mass is 32.1. The molecular formula is C23H16N2O2S. The van der Waals surface area contributed by atoms with Gasteiger partial charge in [0.2, 0.25) is 0 Å². The molecule has 0 radical (unpaired) electrons. The molecule has 2 heterocycles. The Bertz CT molecular complexity index is 1110. The fraction of sp³-hybridized carbons (Fsp3) is 0.0435. The first-order valence-corrected chi connectivity index (χ1v) is 9.58. The van der Waals surface area contributed by atoms with Crippen LogP contribution in [0.5, 0.6) is 5.75 Å². The van der Waals surface area contributed by atoms with Crippen LogP contribution in [0, 0.1) is 11.3 Å². The first-order valence-electron chi connectivity index (χ1n) is 8.70. The van der Waals surface area contributed by atoms with E-state index in [9.17, 15) is 5.26 Å². The SMILES string of the molecule is N#C/C(=C\c1ccc(OCc2ccccc2)cc1)c1nc(-c2ccco2)cs1. The number of hydrogen-bond donors (Lipinski definition) is 0. The van der Waals surface area contributed by atoms with E-state index in [0.717, 1.165) is 22.6 Å². The highest BCUT2D eigenvalue weighted by Crippen LogP contribution is 2.27. The largest absolute Gasteiger partial charge is 0.489 e. The van der Waals surface area contributed by atoms with Crippen LogP contribution in [0.1, 0.15) is 16.1 Å². The number of furan rings is 1. The number of rotatable bonds is 6. The lowest BCUT2D eigenvalue weighted by atomic mass is 10.1. The number of ether oxygens (including phenoxy) is 1. The molecule has 5 heteroatoms. The second kappa shape index (κ2) is 8.38. The maximum absolute atomic E-state index is 9.55. The average Bonchev–Trinajstić information content (AvgIpc) is 3.44. The smallest absolute Gasteiger partial charge is 0.153 e. The monoisotopic (exact) mass is 384 g/mol. The molecule has 0 saturated heterocycles. The normalized spacial score (nSPS) is 11.2. The number of nitrogens with zero attached hydrogens (tertiary/aromatic N) is 2. The van der Waals surface area contributed by atoms with E-state index in [1.165, 1.54) is 11.3 Å². The third-order valence-electron chi connectivity index (χ3n) is 4.07. The Hall–Kier alpha value is -3.62. The van der Waals surface area contributed by atoms with Crippen LogP contribution in [-0.2, 0) is 6.61 Å². The van der Waals surface area contributed by atoms with Crippen molar-refractivity contribution >= 4 is 23.0 Å². The number of allylic oxidation sites excluding steroid dienone is 1. The molecule has 0 amide bonds. The van der Waals surface area contributed by atoms with Gasteiger partial charge in [0.25, 0.3) is 0 Å². The zero-order valence-corrected chi connectivity index (χ0v) is 15.7. The molecule has 0 aliphatic rings. The Morgan fingerprint density at radius 3 is 2.61 bits per heavy atom. The van der Waals surface area contributed by atoms with Crippen LogP contribution >= 0.6 is 11.3 Å². The van der Waals surface area contributed by atoms with Crippen molar-refractivity contribution in [3.8, 4) is 23.3 Å². The number of thiazole rings is 1. The van der Waals surface area contributed by atoms with E-state index < -0.39 is 0 Å². The van der Waals surface area contributed by atoms with E-state index in [-0.39, 0.29) is 0 Å². The molecule has 0 spiro atoms. The minimum atomic E-state index is 0.515. The number of nitriles is 1. The minimum absolute atomic E-state index is 0.515. The molecule has 0 bridgehead atoms. The molecule has 0 aliphatic carbocycles. The second-order valence-electron chi connectivity index (χ2n) is 6.03. The van der Waals surface area contributed by atoms with Crippen molar-refractivity contribution in [2.24, 2.45) is 0 Å². The summed E-state index contributed by atoms with van der Waals surface area (Å²) < 4.78 is 11.2. The fourth-order valence-corrected chi connectivity index (χ4v) is 3.42. The van der Waals surface area contributed by atoms with E-state index in [4.69, 9.17) is 9.15 Å². The zero-order chi connectivity index (χ0) is 19.2. The van der Waals surface area contributed by atoms with Crippen LogP contribution in [0.25, 0.3) is 23.1 Å². The van der Waals surface area contributed by atoms with Crippen LogP contribution in [0.3, 0.4) is 0 Å². The van der Waals surface area contributed by atoms with Gasteiger partial charge in [-0.2, -0.15) is 5.26 Å². The molecule has 136 valence electrons. The molecule has 2 aromatic carbocycles. The van der Waals surface area contributed by atoms with E-state index in [0.29, 0.717) is 22.9 Å². The predicted octanol–water partition coefficient (Wildman–Crippen LogP) is 6.05. The molecule has 0 unspecified atom stereocenters. The summed E-state index contributed by atoms with van der Waals surface area (Å²) in [5, 5.41) is 12.1. The van der Waals surface area contributed by atoms with Crippen molar-refractivity contribution in [2.45, 2.75) is 6.61 Å². The lowest BCUT2D eigenvalue weighted by Crippen LogP contribution is -1.94. The van der Waals surface area contributed by atoms with Crippen LogP contribution in [0.4, 0.5) is 0 Å². The molecule has 4 rings (SSSR count). The van der Waals surface area contributed by atoms with Gasteiger partial charge in [-0.3, -0.25) is 0 Å². The highest BCUT2D eigenvalue weighted by molar-refractivity contribution is 7.11. The lowest BCUT2D eigenvalue weighted by molar-refractivity contribution is 0.306. The molecule has 28 heavy (non-hydrogen) atoms. The molecule has 0 aliphatic heterocycles. The Balaban J connectivity index is 1.47. The molecule has 0 N–H and O–H groups in total. The van der Waals surface area contributed by atoms with Gasteiger partial charge < -0.3 is 9.15 Å². The van der Waals surface area contributed by atoms with Gasteiger partial charge in [-0.25, -0.2) is 4.98 Å². The maximum Gasteiger partial charge on any atom is 0.153 e. The molecule has 0 saturated carbocycles. The first-order chi connectivity index (χ1) is 13.8. The van der Waals surface area contributed by atoms with Gasteiger partial charge in [-0.1, -0.05) is 42.5 Å². The first kappa shape index (κ1) is 17.8. The summed E-state index contributed by atoms with van der Waals surface area (Å²) in [6.07, 6.45) is 3.43. The molecular weight excluding hydrogens is 368 g/mol. The fourth-order valence-electron chi connectivity index (χ4n) is 2.64. The van der Waals surface area contributed by atoms with E-state index in [2.05, 4.69) is 11.1 Å². The number of hydrogen-bond acceptors (Lipinski definition) is 5. The van der Waals surface area contributed by atoms with E-state index in [1.807, 2.05) is 78.2 Å². The quantitative estimate of drug-likeness (QED) is 0.380. The van der Waals surface area contributed by atoms with Gasteiger partial charge in [-0.05, 0) is 41.5 Å². The van der Waals surface area contributed by atoms with Crippen molar-refractivity contribution in [3.05, 3.63) is 94.5 Å². The van der Waals surface area contributed by atoms with Crippen LogP contribution < -0.4 is 4.74 Å². The van der Waals surface area contributed by atoms with Gasteiger partial charge in [0.05, 0.1) is 11.8 Å². The summed E-state index contributed by atoms with van der Waals surface area (Å²) >= 11 is 1.42. The average molecular weight is 384 g/mol. The van der Waals surface area contributed by atoms with Gasteiger partial charge >= 0.3 is 0 Å². The molecule has 2 aromatic heterocycles. The maximum atomic E-state index is 9.55. The molecule has 4 aromatic rings. The van der Waals surface area contributed by atoms with Crippen molar-refractivity contribution in [1.29, 1.82) is 5.26 Å². The summed E-state index contributed by atoms with van der Waals surface area (Å²) in [5.74, 6) is 1.48. The van der Waals surface area contributed by atoms with Crippen LogP contribution in [-0.4, -0.2) is 4.98 Å². The molecule has 4 nitrogen and oxygen atoms in total. The predicted molar refractivity (Wildman–Crippen MR) is 111 cm³/mol. The van der Waals surface area contributed by atoms with Crippen molar-refractivity contribution in [3.63, 3.8) is 0 Å². The Morgan fingerprint density at radius 1 is 1.07 bits per heavy atom. The van der Waals surface area contributed by atoms with Gasteiger partial charge in [0, 0.05) is 5.38 Å². The Labute approximate surface area is 167 Å². The highest BCUT2D eigenvalue weighted by Gasteiger charge is 2.10. The third kappa shape index (κ3) is 4.20. The van der Waals surface area contributed by atoms with Gasteiger partial charge in [0.15, 0.2) is 5.76 Å². The zero-order valence-electron chi connectivity index (χ0n) is 14.9. The van der Waals surface area contributed by atoms with E-state index in [1.54, 1.807) is 6.26 Å². The van der Waals surface area contributed by atoms with Crippen molar-refractivity contribution in [2.75, 3.05) is 0 Å². The summed E-state index contributed by atoms with van der Waals surface area (Å²) in [7, 11) is 0. The number of benzene rings is 2. The summed E-state index contributed by atoms with van der Waals surface area (Å²) in [6, 6.07) is 23.6. The standard InChI is InChI=1S/C23H16N2O2S/c24-14-19(23-25-21(16-28-23)22-7-4-12-26-22)13-17-8-10-20(11-9-17)27-15-18-5-2-1-3-6-18/h1-13,16H,15H2/b19-13+. The van der Waals surface area contributed by atoms with Crippen molar-refractivity contribution in [1.82, 2.24) is 4.98 Å². The third-order valence-corrected chi connectivity index (χ3v) is 4.94. The van der Waals surface area contributed by atoms with Gasteiger partial charge in [0.1, 0.15) is 29.1 Å². The minimum Gasteiger partial charge on any atom is -0.489 e. The summed E-state index contributed by atoms with van der Waals surface area (Å²) in [6.45, 7) is 0.522. The van der Waals surface area contributed by atoms with Crippen molar-refractivity contribution < 1.29 is 9.15 Å².